The van der Waals surface area contributed by atoms with Gasteiger partial charge in [-0.1, -0.05) is 6.92 Å². The van der Waals surface area contributed by atoms with Crippen molar-refractivity contribution in [1.29, 1.82) is 0 Å². The average Bonchev–Trinajstić information content (AvgIpc) is 2.59. The SMILES string of the molecule is CCC(C)(F)C(=O)OCCC(C(=O)OC(C)C(F)(F)F)C(=O)OC(C(F)(F)F)C(F)(F)F. The Morgan fingerprint density at radius 3 is 1.59 bits per heavy atom. The standard InChI is InChI=1S/C16H18F10O6/c1-4-13(3,17)12(29)30-6-5-8(9(27)31-7(2)14(18,19)20)10(28)32-11(15(21,22)23)16(24,25)26/h7-8,11H,4-6H2,1-3H3. The van der Waals surface area contributed by atoms with Crippen molar-refractivity contribution in [2.24, 2.45) is 5.92 Å². The first-order valence-corrected chi connectivity index (χ1v) is 8.61. The Bertz CT molecular complexity index is 654. The lowest BCUT2D eigenvalue weighted by Gasteiger charge is -2.25. The van der Waals surface area contributed by atoms with Gasteiger partial charge in [0.1, 0.15) is 0 Å². The van der Waals surface area contributed by atoms with E-state index in [1.165, 1.54) is 6.92 Å². The van der Waals surface area contributed by atoms with Gasteiger partial charge < -0.3 is 14.2 Å². The lowest BCUT2D eigenvalue weighted by atomic mass is 10.1. The largest absolute Gasteiger partial charge is 0.463 e. The Balaban J connectivity index is 5.63. The fourth-order valence-electron chi connectivity index (χ4n) is 1.74. The van der Waals surface area contributed by atoms with Gasteiger partial charge in [0.25, 0.3) is 6.10 Å². The molecule has 0 radical (unpaired) electrons. The van der Waals surface area contributed by atoms with Crippen molar-refractivity contribution < 1.29 is 72.5 Å². The lowest BCUT2D eigenvalue weighted by molar-refractivity contribution is -0.314. The summed E-state index contributed by atoms with van der Waals surface area (Å²) in [6.07, 6.45) is -26.8. The fraction of sp³-hybridized carbons (Fsp3) is 0.812. The Labute approximate surface area is 174 Å². The van der Waals surface area contributed by atoms with Crippen molar-refractivity contribution >= 4 is 17.9 Å². The summed E-state index contributed by atoms with van der Waals surface area (Å²) in [6.45, 7) is 1.10. The lowest BCUT2D eigenvalue weighted by Crippen LogP contribution is -2.47. The van der Waals surface area contributed by atoms with Crippen molar-refractivity contribution in [2.45, 2.75) is 70.0 Å². The molecule has 0 bridgehead atoms. The summed E-state index contributed by atoms with van der Waals surface area (Å²) in [5.74, 6) is -9.09. The molecule has 0 aliphatic carbocycles. The smallest absolute Gasteiger partial charge is 0.434 e. The molecule has 0 saturated carbocycles. The van der Waals surface area contributed by atoms with Crippen LogP contribution in [0.3, 0.4) is 0 Å². The Morgan fingerprint density at radius 2 is 1.22 bits per heavy atom. The molecule has 0 heterocycles. The van der Waals surface area contributed by atoms with E-state index in [0.29, 0.717) is 0 Å². The average molecular weight is 496 g/mol. The number of esters is 3. The highest BCUT2D eigenvalue weighted by molar-refractivity contribution is 5.95. The highest BCUT2D eigenvalue weighted by Gasteiger charge is 2.60. The zero-order valence-corrected chi connectivity index (χ0v) is 16.6. The predicted octanol–water partition coefficient (Wildman–Crippen LogP) is 4.20. The van der Waals surface area contributed by atoms with Crippen LogP contribution in [0.4, 0.5) is 43.9 Å². The van der Waals surface area contributed by atoms with Gasteiger partial charge in [-0.25, -0.2) is 9.18 Å². The molecule has 0 aliphatic heterocycles. The Hall–Kier alpha value is -2.29. The van der Waals surface area contributed by atoms with E-state index in [0.717, 1.165) is 6.92 Å². The van der Waals surface area contributed by atoms with Gasteiger partial charge in [-0.2, -0.15) is 39.5 Å². The fourth-order valence-corrected chi connectivity index (χ4v) is 1.74. The number of carbonyl (C=O) groups is 3. The molecule has 0 spiro atoms. The third-order valence-corrected chi connectivity index (χ3v) is 3.88. The van der Waals surface area contributed by atoms with Gasteiger partial charge in [-0.3, -0.25) is 9.59 Å². The highest BCUT2D eigenvalue weighted by atomic mass is 19.4. The Morgan fingerprint density at radius 1 is 0.781 bits per heavy atom. The third-order valence-electron chi connectivity index (χ3n) is 3.88. The summed E-state index contributed by atoms with van der Waals surface area (Å²) in [7, 11) is 0. The molecule has 3 unspecified atom stereocenters. The van der Waals surface area contributed by atoms with E-state index in [1.54, 1.807) is 0 Å². The van der Waals surface area contributed by atoms with E-state index in [1.807, 2.05) is 0 Å². The number of alkyl halides is 10. The second-order valence-corrected chi connectivity index (χ2v) is 6.55. The van der Waals surface area contributed by atoms with E-state index in [9.17, 15) is 58.3 Å². The van der Waals surface area contributed by atoms with Gasteiger partial charge in [-0.15, -0.1) is 0 Å². The second-order valence-electron chi connectivity index (χ2n) is 6.55. The minimum atomic E-state index is -6.18. The van der Waals surface area contributed by atoms with Gasteiger partial charge in [0, 0.05) is 6.42 Å². The molecule has 0 aromatic rings. The van der Waals surface area contributed by atoms with Gasteiger partial charge in [0.15, 0.2) is 12.0 Å². The van der Waals surface area contributed by atoms with Crippen LogP contribution in [0, 0.1) is 5.92 Å². The van der Waals surface area contributed by atoms with Crippen LogP contribution >= 0.6 is 0 Å². The monoisotopic (exact) mass is 496 g/mol. The van der Waals surface area contributed by atoms with Gasteiger partial charge >= 0.3 is 36.4 Å². The zero-order valence-electron chi connectivity index (χ0n) is 16.6. The van der Waals surface area contributed by atoms with Gasteiger partial charge in [0.2, 0.25) is 5.67 Å². The van der Waals surface area contributed by atoms with Crippen molar-refractivity contribution in [3.63, 3.8) is 0 Å². The van der Waals surface area contributed by atoms with E-state index < -0.39 is 79.7 Å². The summed E-state index contributed by atoms with van der Waals surface area (Å²) < 4.78 is 138. The van der Waals surface area contributed by atoms with Crippen molar-refractivity contribution in [1.82, 2.24) is 0 Å². The molecule has 0 N–H and O–H groups in total. The number of rotatable bonds is 9. The van der Waals surface area contributed by atoms with Gasteiger partial charge in [0.05, 0.1) is 6.61 Å². The minimum absolute atomic E-state index is 0.268. The van der Waals surface area contributed by atoms with Crippen LogP contribution in [0.5, 0.6) is 0 Å². The van der Waals surface area contributed by atoms with E-state index in [4.69, 9.17) is 0 Å². The second kappa shape index (κ2) is 10.6. The van der Waals surface area contributed by atoms with Crippen molar-refractivity contribution in [3.8, 4) is 0 Å². The maximum atomic E-state index is 13.8. The molecular formula is C16H18F10O6. The van der Waals surface area contributed by atoms with Crippen LogP contribution in [-0.2, 0) is 28.6 Å². The van der Waals surface area contributed by atoms with Crippen LogP contribution in [0.25, 0.3) is 0 Å². The summed E-state index contributed by atoms with van der Waals surface area (Å²) in [4.78, 5) is 35.2. The quantitative estimate of drug-likeness (QED) is 0.206. The van der Waals surface area contributed by atoms with Crippen molar-refractivity contribution in [2.75, 3.05) is 6.61 Å². The summed E-state index contributed by atoms with van der Waals surface area (Å²) >= 11 is 0. The van der Waals surface area contributed by atoms with E-state index in [-0.39, 0.29) is 6.92 Å². The number of hydrogen-bond donors (Lipinski definition) is 0. The summed E-state index contributed by atoms with van der Waals surface area (Å²) in [6, 6.07) is 0. The van der Waals surface area contributed by atoms with E-state index in [2.05, 4.69) is 14.2 Å². The van der Waals surface area contributed by atoms with Crippen LogP contribution in [-0.4, -0.2) is 60.9 Å². The first-order valence-electron chi connectivity index (χ1n) is 8.61. The molecule has 6 nitrogen and oxygen atoms in total. The molecule has 0 aromatic heterocycles. The molecular weight excluding hydrogens is 478 g/mol. The predicted molar refractivity (Wildman–Crippen MR) is 82.5 cm³/mol. The molecule has 3 atom stereocenters. The molecule has 0 aromatic carbocycles. The molecule has 0 aliphatic rings. The molecule has 188 valence electrons. The van der Waals surface area contributed by atoms with Gasteiger partial charge in [-0.05, 0) is 20.3 Å². The van der Waals surface area contributed by atoms with Crippen LogP contribution in [0.15, 0.2) is 0 Å². The molecule has 32 heavy (non-hydrogen) atoms. The molecule has 16 heteroatoms. The summed E-state index contributed by atoms with van der Waals surface area (Å²) in [5.41, 5.74) is -2.57. The zero-order chi connectivity index (χ0) is 25.7. The number of hydrogen-bond acceptors (Lipinski definition) is 6. The third kappa shape index (κ3) is 9.06. The van der Waals surface area contributed by atoms with Crippen LogP contribution < -0.4 is 0 Å². The Kier molecular flexibility index (Phi) is 9.80. The first-order chi connectivity index (χ1) is 14.1. The number of halogens is 10. The molecule has 0 amide bonds. The first kappa shape index (κ1) is 29.7. The highest BCUT2D eigenvalue weighted by Crippen LogP contribution is 2.36. The molecule has 0 fully saturated rings. The summed E-state index contributed by atoms with van der Waals surface area (Å²) in [5, 5.41) is 0. The number of ether oxygens (including phenoxy) is 3. The van der Waals surface area contributed by atoms with Crippen LogP contribution in [0.1, 0.15) is 33.6 Å². The normalized spacial score (nSPS) is 16.7. The molecule has 0 saturated heterocycles. The maximum Gasteiger partial charge on any atom is 0.434 e. The van der Waals surface area contributed by atoms with Crippen LogP contribution in [0.2, 0.25) is 0 Å². The molecule has 0 rings (SSSR count). The maximum absolute atomic E-state index is 13.8. The topological polar surface area (TPSA) is 78.9 Å². The minimum Gasteiger partial charge on any atom is -0.463 e. The van der Waals surface area contributed by atoms with E-state index >= 15 is 0 Å². The number of carbonyl (C=O) groups excluding carboxylic acids is 3. The van der Waals surface area contributed by atoms with Crippen molar-refractivity contribution in [3.05, 3.63) is 0 Å².